The number of hydrogen-bond acceptors (Lipinski definition) is 4. The second kappa shape index (κ2) is 5.90. The molecule has 1 aromatic carbocycles. The summed E-state index contributed by atoms with van der Waals surface area (Å²) in [6.07, 6.45) is -0.740. The van der Waals surface area contributed by atoms with E-state index in [1.54, 1.807) is 25.6 Å². The van der Waals surface area contributed by atoms with Crippen LogP contribution in [0.5, 0.6) is 11.5 Å². The number of ether oxygens (including phenoxy) is 2. The molecule has 0 aliphatic heterocycles. The van der Waals surface area contributed by atoms with Gasteiger partial charge in [0.05, 0.1) is 22.7 Å². The molecule has 96 valence electrons. The number of halogens is 1. The standard InChI is InChI=1S/C13H13IO3S/c1-16-9-4-3-5-10(17-2)12(9)13(15)8-6-11(14)18-7-8/h3-7,13,15H,1-2H3. The Balaban J connectivity index is 2.48. The fraction of sp³-hybridized carbons (Fsp3) is 0.231. The zero-order chi connectivity index (χ0) is 13.1. The summed E-state index contributed by atoms with van der Waals surface area (Å²) >= 11 is 3.83. The minimum absolute atomic E-state index is 0.628. The molecule has 1 atom stereocenters. The van der Waals surface area contributed by atoms with Crippen LogP contribution in [0.25, 0.3) is 0 Å². The molecular weight excluding hydrogens is 363 g/mol. The molecule has 0 saturated heterocycles. The molecule has 5 heteroatoms. The maximum Gasteiger partial charge on any atom is 0.128 e. The van der Waals surface area contributed by atoms with Crippen molar-refractivity contribution in [3.05, 3.63) is 43.7 Å². The largest absolute Gasteiger partial charge is 0.496 e. The molecule has 1 heterocycles. The van der Waals surface area contributed by atoms with Crippen molar-refractivity contribution >= 4 is 33.9 Å². The minimum atomic E-state index is -0.740. The molecule has 0 aliphatic rings. The lowest BCUT2D eigenvalue weighted by Crippen LogP contribution is -2.04. The molecule has 1 unspecified atom stereocenters. The van der Waals surface area contributed by atoms with Gasteiger partial charge < -0.3 is 14.6 Å². The van der Waals surface area contributed by atoms with Gasteiger partial charge in [0.1, 0.15) is 17.6 Å². The van der Waals surface area contributed by atoms with Crippen molar-refractivity contribution in [3.63, 3.8) is 0 Å². The average Bonchev–Trinajstić information content (AvgIpc) is 2.83. The van der Waals surface area contributed by atoms with Crippen LogP contribution < -0.4 is 9.47 Å². The highest BCUT2D eigenvalue weighted by molar-refractivity contribution is 14.1. The van der Waals surface area contributed by atoms with E-state index in [1.807, 2.05) is 29.6 Å². The van der Waals surface area contributed by atoms with Crippen molar-refractivity contribution in [1.82, 2.24) is 0 Å². The van der Waals surface area contributed by atoms with Gasteiger partial charge in [0.15, 0.2) is 0 Å². The highest BCUT2D eigenvalue weighted by Gasteiger charge is 2.21. The summed E-state index contributed by atoms with van der Waals surface area (Å²) in [5.41, 5.74) is 1.52. The predicted molar refractivity (Wildman–Crippen MR) is 80.6 cm³/mol. The first-order valence-electron chi connectivity index (χ1n) is 5.30. The van der Waals surface area contributed by atoms with Gasteiger partial charge >= 0.3 is 0 Å². The first kappa shape index (κ1) is 13.6. The van der Waals surface area contributed by atoms with Gasteiger partial charge in [-0.2, -0.15) is 0 Å². The maximum atomic E-state index is 10.5. The topological polar surface area (TPSA) is 38.7 Å². The summed E-state index contributed by atoms with van der Waals surface area (Å²) < 4.78 is 11.7. The second-order valence-corrected chi connectivity index (χ2v) is 6.47. The molecule has 0 spiro atoms. The number of aliphatic hydroxyl groups excluding tert-OH is 1. The van der Waals surface area contributed by atoms with Crippen molar-refractivity contribution in [2.45, 2.75) is 6.10 Å². The van der Waals surface area contributed by atoms with Gasteiger partial charge in [-0.25, -0.2) is 0 Å². The van der Waals surface area contributed by atoms with Gasteiger partial charge in [0.25, 0.3) is 0 Å². The van der Waals surface area contributed by atoms with Crippen LogP contribution in [0, 0.1) is 2.88 Å². The van der Waals surface area contributed by atoms with Gasteiger partial charge in [-0.1, -0.05) is 6.07 Å². The molecule has 0 amide bonds. The first-order chi connectivity index (χ1) is 8.67. The van der Waals surface area contributed by atoms with E-state index in [9.17, 15) is 5.11 Å². The molecule has 0 fully saturated rings. The molecule has 0 saturated carbocycles. The number of rotatable bonds is 4. The van der Waals surface area contributed by atoms with Crippen LogP contribution in [0.3, 0.4) is 0 Å². The lowest BCUT2D eigenvalue weighted by Gasteiger charge is -2.17. The van der Waals surface area contributed by atoms with Crippen molar-refractivity contribution in [2.24, 2.45) is 0 Å². The Morgan fingerprint density at radius 3 is 2.28 bits per heavy atom. The fourth-order valence-electron chi connectivity index (χ4n) is 1.78. The van der Waals surface area contributed by atoms with Gasteiger partial charge in [-0.3, -0.25) is 0 Å². The molecule has 3 nitrogen and oxygen atoms in total. The monoisotopic (exact) mass is 376 g/mol. The van der Waals surface area contributed by atoms with E-state index in [2.05, 4.69) is 22.6 Å². The molecular formula is C13H13IO3S. The van der Waals surface area contributed by atoms with Gasteiger partial charge in [0, 0.05) is 0 Å². The zero-order valence-corrected chi connectivity index (χ0v) is 13.0. The van der Waals surface area contributed by atoms with Crippen molar-refractivity contribution in [2.75, 3.05) is 14.2 Å². The van der Waals surface area contributed by atoms with Crippen LogP contribution in [0.15, 0.2) is 29.6 Å². The van der Waals surface area contributed by atoms with E-state index in [1.165, 1.54) is 0 Å². The molecule has 0 aliphatic carbocycles. The highest BCUT2D eigenvalue weighted by atomic mass is 127. The number of hydrogen-bond donors (Lipinski definition) is 1. The summed E-state index contributed by atoms with van der Waals surface area (Å²) in [5.74, 6) is 1.26. The molecule has 18 heavy (non-hydrogen) atoms. The van der Waals surface area contributed by atoms with Gasteiger partial charge in [-0.15, -0.1) is 11.3 Å². The van der Waals surface area contributed by atoms with Crippen LogP contribution >= 0.6 is 33.9 Å². The van der Waals surface area contributed by atoms with E-state index in [0.717, 1.165) is 8.45 Å². The third-order valence-corrected chi connectivity index (χ3v) is 4.45. The van der Waals surface area contributed by atoms with Crippen LogP contribution in [0.1, 0.15) is 17.2 Å². The third-order valence-electron chi connectivity index (χ3n) is 2.64. The molecule has 1 N–H and O–H groups in total. The summed E-state index contributed by atoms with van der Waals surface area (Å²) in [6, 6.07) is 7.43. The molecule has 0 bridgehead atoms. The Kier molecular flexibility index (Phi) is 4.47. The molecule has 2 rings (SSSR count). The number of benzene rings is 1. The number of methoxy groups -OCH3 is 2. The van der Waals surface area contributed by atoms with Crippen molar-refractivity contribution in [1.29, 1.82) is 0 Å². The Labute approximate surface area is 124 Å². The third kappa shape index (κ3) is 2.62. The Hall–Kier alpha value is -0.790. The molecule has 2 aromatic rings. The second-order valence-electron chi connectivity index (χ2n) is 3.66. The van der Waals surface area contributed by atoms with Crippen LogP contribution in [0.2, 0.25) is 0 Å². The van der Waals surface area contributed by atoms with Crippen molar-refractivity contribution < 1.29 is 14.6 Å². The van der Waals surface area contributed by atoms with E-state index >= 15 is 0 Å². The lowest BCUT2D eigenvalue weighted by atomic mass is 10.0. The first-order valence-corrected chi connectivity index (χ1v) is 7.26. The normalized spacial score (nSPS) is 12.2. The van der Waals surface area contributed by atoms with E-state index in [-0.39, 0.29) is 0 Å². The average molecular weight is 376 g/mol. The van der Waals surface area contributed by atoms with Crippen LogP contribution in [-0.2, 0) is 0 Å². The SMILES string of the molecule is COc1cccc(OC)c1C(O)c1csc(I)c1. The van der Waals surface area contributed by atoms with E-state index < -0.39 is 6.10 Å². The van der Waals surface area contributed by atoms with E-state index in [0.29, 0.717) is 17.1 Å². The predicted octanol–water partition coefficient (Wildman–Crippen LogP) is 3.45. The van der Waals surface area contributed by atoms with Gasteiger partial charge in [0.2, 0.25) is 0 Å². The van der Waals surface area contributed by atoms with Crippen LogP contribution in [0.4, 0.5) is 0 Å². The van der Waals surface area contributed by atoms with Crippen LogP contribution in [-0.4, -0.2) is 19.3 Å². The molecule has 1 aromatic heterocycles. The zero-order valence-electron chi connectivity index (χ0n) is 10.0. The smallest absolute Gasteiger partial charge is 0.128 e. The summed E-state index contributed by atoms with van der Waals surface area (Å²) in [4.78, 5) is 0. The maximum absolute atomic E-state index is 10.5. The summed E-state index contributed by atoms with van der Waals surface area (Å²) in [7, 11) is 3.17. The quantitative estimate of drug-likeness (QED) is 0.831. The number of aliphatic hydroxyl groups is 1. The Morgan fingerprint density at radius 1 is 1.22 bits per heavy atom. The molecule has 0 radical (unpaired) electrons. The van der Waals surface area contributed by atoms with Gasteiger partial charge in [-0.05, 0) is 51.7 Å². The highest BCUT2D eigenvalue weighted by Crippen LogP contribution is 2.38. The minimum Gasteiger partial charge on any atom is -0.496 e. The van der Waals surface area contributed by atoms with Crippen molar-refractivity contribution in [3.8, 4) is 11.5 Å². The van der Waals surface area contributed by atoms with E-state index in [4.69, 9.17) is 9.47 Å². The lowest BCUT2D eigenvalue weighted by molar-refractivity contribution is 0.209. The number of thiophene rings is 1. The summed E-state index contributed by atoms with van der Waals surface area (Å²) in [6.45, 7) is 0. The summed E-state index contributed by atoms with van der Waals surface area (Å²) in [5, 5.41) is 12.4. The Morgan fingerprint density at radius 2 is 1.83 bits per heavy atom. The Bertz CT molecular complexity index is 517. The fourth-order valence-corrected chi connectivity index (χ4v) is 3.17.